The lowest BCUT2D eigenvalue weighted by atomic mass is 9.98. The molecule has 0 bridgehead atoms. The first kappa shape index (κ1) is 21.5. The average Bonchev–Trinajstić information content (AvgIpc) is 2.73. The van der Waals surface area contributed by atoms with E-state index in [4.69, 9.17) is 0 Å². The van der Waals surface area contributed by atoms with Crippen molar-refractivity contribution in [2.24, 2.45) is 5.92 Å². The Morgan fingerprint density at radius 3 is 2.55 bits per heavy atom. The Balaban J connectivity index is 1.80. The molecule has 0 saturated carbocycles. The van der Waals surface area contributed by atoms with Gasteiger partial charge in [0.15, 0.2) is 0 Å². The second-order valence-corrected chi connectivity index (χ2v) is 9.50. The van der Waals surface area contributed by atoms with E-state index in [9.17, 15) is 18.0 Å². The van der Waals surface area contributed by atoms with Gasteiger partial charge in [-0.1, -0.05) is 37.3 Å². The zero-order valence-electron chi connectivity index (χ0n) is 16.7. The third-order valence-electron chi connectivity index (χ3n) is 5.54. The van der Waals surface area contributed by atoms with Crippen LogP contribution in [-0.4, -0.2) is 44.6 Å². The van der Waals surface area contributed by atoms with Crippen molar-refractivity contribution < 1.29 is 18.0 Å². The highest BCUT2D eigenvalue weighted by Gasteiger charge is 2.30. The smallest absolute Gasteiger partial charge is 0.241 e. The number of hydrogen-bond acceptors (Lipinski definition) is 4. The van der Waals surface area contributed by atoms with Gasteiger partial charge in [-0.05, 0) is 54.5 Å². The summed E-state index contributed by atoms with van der Waals surface area (Å²) in [5, 5.41) is 1.77. The monoisotopic (exact) mass is 416 g/mol. The number of unbranched alkanes of at least 4 members (excludes halogenated alkanes) is 1. The van der Waals surface area contributed by atoms with Crippen molar-refractivity contribution in [2.45, 2.75) is 50.0 Å². The predicted octanol–water partition coefficient (Wildman–Crippen LogP) is 3.11. The van der Waals surface area contributed by atoms with Gasteiger partial charge in [0.05, 0.1) is 4.90 Å². The molecule has 1 atom stereocenters. The number of nitrogens with zero attached hydrogens (tertiary/aromatic N) is 1. The van der Waals surface area contributed by atoms with Gasteiger partial charge in [0.2, 0.25) is 15.9 Å². The lowest BCUT2D eigenvalue weighted by molar-refractivity contribution is -0.134. The van der Waals surface area contributed by atoms with Crippen molar-refractivity contribution in [1.29, 1.82) is 0 Å². The Morgan fingerprint density at radius 1 is 1.17 bits per heavy atom. The maximum Gasteiger partial charge on any atom is 0.241 e. The number of amides is 1. The van der Waals surface area contributed by atoms with Gasteiger partial charge in [-0.25, -0.2) is 8.42 Å². The van der Waals surface area contributed by atoms with Crippen molar-refractivity contribution >= 4 is 33.0 Å². The second-order valence-electron chi connectivity index (χ2n) is 7.79. The fraction of sp³-hybridized carbons (Fsp3) is 0.455. The molecule has 0 aliphatic carbocycles. The highest BCUT2D eigenvalue weighted by molar-refractivity contribution is 7.89. The Morgan fingerprint density at radius 2 is 1.86 bits per heavy atom. The van der Waals surface area contributed by atoms with Crippen LogP contribution < -0.4 is 4.72 Å². The molecular formula is C22H28N2O4S. The zero-order chi connectivity index (χ0) is 20.9. The van der Waals surface area contributed by atoms with Crippen LogP contribution in [0.2, 0.25) is 0 Å². The molecule has 0 spiro atoms. The highest BCUT2D eigenvalue weighted by Crippen LogP contribution is 2.21. The number of benzene rings is 2. The lowest BCUT2D eigenvalue weighted by Gasteiger charge is -2.33. The van der Waals surface area contributed by atoms with Gasteiger partial charge in [0.25, 0.3) is 0 Å². The molecule has 1 aliphatic heterocycles. The summed E-state index contributed by atoms with van der Waals surface area (Å²) < 4.78 is 28.6. The van der Waals surface area contributed by atoms with Crippen LogP contribution in [0, 0.1) is 5.92 Å². The van der Waals surface area contributed by atoms with E-state index >= 15 is 0 Å². The summed E-state index contributed by atoms with van der Waals surface area (Å²) >= 11 is 0. The van der Waals surface area contributed by atoms with Gasteiger partial charge in [-0.2, -0.15) is 4.72 Å². The molecule has 0 aromatic heterocycles. The summed E-state index contributed by atoms with van der Waals surface area (Å²) in [5.74, 6) is 0.369. The van der Waals surface area contributed by atoms with Gasteiger partial charge in [0, 0.05) is 19.5 Å². The van der Waals surface area contributed by atoms with E-state index in [2.05, 4.69) is 11.6 Å². The Labute approximate surface area is 172 Å². The minimum atomic E-state index is -3.87. The van der Waals surface area contributed by atoms with Crippen LogP contribution in [0.15, 0.2) is 47.4 Å². The number of nitrogens with one attached hydrogen (secondary N) is 1. The summed E-state index contributed by atoms with van der Waals surface area (Å²) in [5.41, 5.74) is 0. The minimum absolute atomic E-state index is 0.136. The van der Waals surface area contributed by atoms with Gasteiger partial charge < -0.3 is 9.69 Å². The van der Waals surface area contributed by atoms with Crippen molar-refractivity contribution in [2.75, 3.05) is 13.1 Å². The number of likely N-dealkylation sites (tertiary alicyclic amines) is 1. The minimum Gasteiger partial charge on any atom is -0.341 e. The number of piperidine rings is 1. The maximum absolute atomic E-state index is 13.0. The number of carbonyl (C=O) groups is 2. The number of sulfonamides is 1. The summed E-state index contributed by atoms with van der Waals surface area (Å²) in [6.07, 6.45) is 3.70. The molecule has 2 aromatic rings. The normalized spacial score (nSPS) is 16.7. The first-order valence-corrected chi connectivity index (χ1v) is 11.6. The molecule has 6 nitrogen and oxygen atoms in total. The zero-order valence-corrected chi connectivity index (χ0v) is 17.5. The fourth-order valence-corrected chi connectivity index (χ4v) is 4.94. The molecule has 2 aromatic carbocycles. The van der Waals surface area contributed by atoms with Crippen LogP contribution in [-0.2, 0) is 19.6 Å². The molecule has 29 heavy (non-hydrogen) atoms. The Kier molecular flexibility index (Phi) is 7.03. The van der Waals surface area contributed by atoms with Gasteiger partial charge >= 0.3 is 0 Å². The van der Waals surface area contributed by atoms with Crippen LogP contribution in [0.5, 0.6) is 0 Å². The van der Waals surface area contributed by atoms with Crippen LogP contribution >= 0.6 is 0 Å². The van der Waals surface area contributed by atoms with Crippen molar-refractivity contribution in [3.8, 4) is 0 Å². The Bertz CT molecular complexity index is 966. The first-order chi connectivity index (χ1) is 13.9. The highest BCUT2D eigenvalue weighted by atomic mass is 32.2. The first-order valence-electron chi connectivity index (χ1n) is 10.1. The molecule has 7 heteroatoms. The Hall–Kier alpha value is -2.25. The quantitative estimate of drug-likeness (QED) is 0.529. The largest absolute Gasteiger partial charge is 0.341 e. The van der Waals surface area contributed by atoms with Crippen LogP contribution in [0.25, 0.3) is 10.8 Å². The molecule has 1 saturated heterocycles. The van der Waals surface area contributed by atoms with E-state index in [-0.39, 0.29) is 10.8 Å². The second kappa shape index (κ2) is 9.50. The topological polar surface area (TPSA) is 83.6 Å². The maximum atomic E-state index is 13.0. The molecule has 0 radical (unpaired) electrons. The SMILES string of the molecule is CC1CCN(C(=O)C(CCCC=O)NS(=O)(=O)c2ccc3ccccc3c2)CC1. The van der Waals surface area contributed by atoms with Crippen LogP contribution in [0.4, 0.5) is 0 Å². The van der Waals surface area contributed by atoms with Crippen LogP contribution in [0.1, 0.15) is 39.0 Å². The average molecular weight is 417 g/mol. The van der Waals surface area contributed by atoms with E-state index in [1.165, 1.54) is 0 Å². The van der Waals surface area contributed by atoms with Crippen molar-refractivity contribution in [3.05, 3.63) is 42.5 Å². The summed E-state index contributed by atoms with van der Waals surface area (Å²) in [6, 6.07) is 11.6. The molecule has 156 valence electrons. The third-order valence-corrected chi connectivity index (χ3v) is 7.01. The predicted molar refractivity (Wildman–Crippen MR) is 113 cm³/mol. The molecule has 3 rings (SSSR count). The van der Waals surface area contributed by atoms with Crippen molar-refractivity contribution in [1.82, 2.24) is 9.62 Å². The fourth-order valence-electron chi connectivity index (χ4n) is 3.68. The number of rotatable bonds is 8. The molecule has 1 fully saturated rings. The van der Waals surface area contributed by atoms with Gasteiger partial charge in [-0.3, -0.25) is 4.79 Å². The standard InChI is InChI=1S/C22H28N2O4S/c1-17-11-13-24(14-12-17)22(26)21(8-4-5-15-25)23-29(27,28)20-10-9-18-6-2-3-7-19(18)16-20/h2-3,6-7,9-10,15-17,21,23H,4-5,8,11-14H2,1H3. The number of carbonyl (C=O) groups excluding carboxylic acids is 2. The van der Waals surface area contributed by atoms with E-state index in [0.717, 1.165) is 29.9 Å². The summed E-state index contributed by atoms with van der Waals surface area (Å²) in [6.45, 7) is 3.44. The summed E-state index contributed by atoms with van der Waals surface area (Å²) in [4.78, 5) is 25.6. The lowest BCUT2D eigenvalue weighted by Crippen LogP contribution is -2.50. The van der Waals surface area contributed by atoms with E-state index in [1.54, 1.807) is 23.1 Å². The number of aldehydes is 1. The van der Waals surface area contributed by atoms with Crippen LogP contribution in [0.3, 0.4) is 0 Å². The molecule has 1 unspecified atom stereocenters. The number of fused-ring (bicyclic) bond motifs is 1. The van der Waals surface area contributed by atoms with Gasteiger partial charge in [0.1, 0.15) is 12.3 Å². The molecule has 1 amide bonds. The molecule has 1 aliphatic rings. The number of hydrogen-bond donors (Lipinski definition) is 1. The summed E-state index contributed by atoms with van der Waals surface area (Å²) in [7, 11) is -3.87. The van der Waals surface area contributed by atoms with Gasteiger partial charge in [-0.15, -0.1) is 0 Å². The molecule has 1 heterocycles. The molecule has 1 N–H and O–H groups in total. The van der Waals surface area contributed by atoms with E-state index in [1.807, 2.05) is 24.3 Å². The third kappa shape index (κ3) is 5.42. The molecular weight excluding hydrogens is 388 g/mol. The van der Waals surface area contributed by atoms with Crippen molar-refractivity contribution in [3.63, 3.8) is 0 Å². The van der Waals surface area contributed by atoms with E-state index < -0.39 is 16.1 Å². The van der Waals surface area contributed by atoms with E-state index in [0.29, 0.717) is 38.3 Å².